The van der Waals surface area contributed by atoms with Crippen molar-refractivity contribution in [2.24, 2.45) is 0 Å². The summed E-state index contributed by atoms with van der Waals surface area (Å²) in [6, 6.07) is 12.1. The van der Waals surface area contributed by atoms with Crippen LogP contribution >= 0.6 is 31.9 Å². The van der Waals surface area contributed by atoms with Gasteiger partial charge in [-0.1, -0.05) is 23.8 Å². The van der Waals surface area contributed by atoms with Gasteiger partial charge in [-0.3, -0.25) is 4.18 Å². The van der Waals surface area contributed by atoms with Crippen LogP contribution in [0.5, 0.6) is 5.75 Å². The SMILES string of the molecule is Cc1ccc(S(=O)(=O)OC(C)COc2c(Br)cccc2Br)cc1. The molecule has 4 nitrogen and oxygen atoms in total. The average Bonchev–Trinajstić information content (AvgIpc) is 2.46. The Morgan fingerprint density at radius 1 is 1.04 bits per heavy atom. The van der Waals surface area contributed by atoms with Crippen LogP contribution in [0.25, 0.3) is 0 Å². The van der Waals surface area contributed by atoms with Crippen LogP contribution in [0.1, 0.15) is 12.5 Å². The van der Waals surface area contributed by atoms with Crippen LogP contribution in [0.4, 0.5) is 0 Å². The zero-order valence-corrected chi connectivity index (χ0v) is 16.6. The minimum atomic E-state index is -3.80. The lowest BCUT2D eigenvalue weighted by molar-refractivity contribution is 0.148. The Morgan fingerprint density at radius 3 is 2.17 bits per heavy atom. The van der Waals surface area contributed by atoms with Crippen LogP contribution in [-0.2, 0) is 14.3 Å². The van der Waals surface area contributed by atoms with Gasteiger partial charge in [-0.25, -0.2) is 0 Å². The van der Waals surface area contributed by atoms with Gasteiger partial charge in [-0.05, 0) is 70.0 Å². The van der Waals surface area contributed by atoms with E-state index in [1.165, 1.54) is 12.1 Å². The molecule has 0 bridgehead atoms. The molecule has 1 unspecified atom stereocenters. The number of hydrogen-bond donors (Lipinski definition) is 0. The lowest BCUT2D eigenvalue weighted by atomic mass is 10.2. The van der Waals surface area contributed by atoms with Crippen molar-refractivity contribution in [3.8, 4) is 5.75 Å². The largest absolute Gasteiger partial charge is 0.488 e. The molecule has 124 valence electrons. The van der Waals surface area contributed by atoms with E-state index in [0.29, 0.717) is 5.75 Å². The van der Waals surface area contributed by atoms with Gasteiger partial charge < -0.3 is 4.74 Å². The van der Waals surface area contributed by atoms with Gasteiger partial charge in [0, 0.05) is 0 Å². The maximum atomic E-state index is 12.2. The molecule has 0 spiro atoms. The van der Waals surface area contributed by atoms with Gasteiger partial charge in [0.15, 0.2) is 0 Å². The highest BCUT2D eigenvalue weighted by Gasteiger charge is 2.20. The molecule has 0 heterocycles. The Balaban J connectivity index is 2.01. The van der Waals surface area contributed by atoms with E-state index in [1.807, 2.05) is 25.1 Å². The van der Waals surface area contributed by atoms with E-state index < -0.39 is 16.2 Å². The van der Waals surface area contributed by atoms with Crippen LogP contribution in [0.2, 0.25) is 0 Å². The number of ether oxygens (including phenoxy) is 1. The summed E-state index contributed by atoms with van der Waals surface area (Å²) in [6.45, 7) is 3.64. The van der Waals surface area contributed by atoms with E-state index >= 15 is 0 Å². The van der Waals surface area contributed by atoms with E-state index in [2.05, 4.69) is 31.9 Å². The number of para-hydroxylation sites is 1. The van der Waals surface area contributed by atoms with Crippen molar-refractivity contribution in [3.63, 3.8) is 0 Å². The summed E-state index contributed by atoms with van der Waals surface area (Å²) in [5.74, 6) is 0.607. The Bertz CT molecular complexity index is 753. The summed E-state index contributed by atoms with van der Waals surface area (Å²) in [5, 5.41) is 0. The first-order valence-corrected chi connectivity index (χ1v) is 9.86. The van der Waals surface area contributed by atoms with Crippen molar-refractivity contribution < 1.29 is 17.3 Å². The third kappa shape index (κ3) is 5.04. The van der Waals surface area contributed by atoms with Crippen LogP contribution in [0, 0.1) is 6.92 Å². The minimum absolute atomic E-state index is 0.103. The molecule has 0 amide bonds. The van der Waals surface area contributed by atoms with E-state index in [1.54, 1.807) is 19.1 Å². The first kappa shape index (κ1) is 18.4. The van der Waals surface area contributed by atoms with Gasteiger partial charge >= 0.3 is 0 Å². The fourth-order valence-electron chi connectivity index (χ4n) is 1.83. The summed E-state index contributed by atoms with van der Waals surface area (Å²) < 4.78 is 36.8. The minimum Gasteiger partial charge on any atom is -0.488 e. The van der Waals surface area contributed by atoms with Crippen LogP contribution in [0.15, 0.2) is 56.3 Å². The highest BCUT2D eigenvalue weighted by molar-refractivity contribution is 9.11. The maximum absolute atomic E-state index is 12.2. The Hall–Kier alpha value is -0.890. The first-order chi connectivity index (χ1) is 10.8. The molecule has 2 aromatic rings. The zero-order chi connectivity index (χ0) is 17.0. The zero-order valence-electron chi connectivity index (χ0n) is 12.6. The van der Waals surface area contributed by atoms with Crippen molar-refractivity contribution in [1.82, 2.24) is 0 Å². The van der Waals surface area contributed by atoms with Crippen LogP contribution in [-0.4, -0.2) is 21.1 Å². The van der Waals surface area contributed by atoms with E-state index in [9.17, 15) is 8.42 Å². The van der Waals surface area contributed by atoms with E-state index in [4.69, 9.17) is 8.92 Å². The first-order valence-electron chi connectivity index (χ1n) is 6.86. The molecule has 0 aromatic heterocycles. The monoisotopic (exact) mass is 462 g/mol. The summed E-state index contributed by atoms with van der Waals surface area (Å²) in [6.07, 6.45) is -0.625. The van der Waals surface area contributed by atoms with E-state index in [-0.39, 0.29) is 11.5 Å². The third-order valence-electron chi connectivity index (χ3n) is 2.98. The van der Waals surface area contributed by atoms with Gasteiger partial charge in [0.05, 0.1) is 13.8 Å². The lowest BCUT2D eigenvalue weighted by Crippen LogP contribution is -2.22. The molecule has 0 radical (unpaired) electrons. The summed E-state index contributed by atoms with van der Waals surface area (Å²) in [5.41, 5.74) is 0.985. The standard InChI is InChI=1S/C16H16Br2O4S/c1-11-6-8-13(9-7-11)23(19,20)22-12(2)10-21-16-14(17)4-3-5-15(16)18/h3-9,12H,10H2,1-2H3. The molecular formula is C16H16Br2O4S. The molecule has 23 heavy (non-hydrogen) atoms. The number of halogens is 2. The fourth-order valence-corrected chi connectivity index (χ4v) is 4.12. The molecule has 0 aliphatic carbocycles. The van der Waals surface area contributed by atoms with Crippen molar-refractivity contribution in [1.29, 1.82) is 0 Å². The summed E-state index contributed by atoms with van der Waals surface area (Å²) in [4.78, 5) is 0.136. The van der Waals surface area contributed by atoms with Crippen molar-refractivity contribution in [2.45, 2.75) is 24.8 Å². The second-order valence-corrected chi connectivity index (χ2v) is 8.32. The molecule has 0 fully saturated rings. The van der Waals surface area contributed by atoms with Gasteiger partial charge in [-0.2, -0.15) is 8.42 Å². The maximum Gasteiger partial charge on any atom is 0.297 e. The Labute approximate surface area is 153 Å². The molecule has 7 heteroatoms. The van der Waals surface area contributed by atoms with E-state index in [0.717, 1.165) is 14.5 Å². The number of benzene rings is 2. The lowest BCUT2D eigenvalue weighted by Gasteiger charge is -2.16. The smallest absolute Gasteiger partial charge is 0.297 e. The molecule has 1 atom stereocenters. The number of rotatable bonds is 6. The molecule has 2 rings (SSSR count). The average molecular weight is 464 g/mol. The second-order valence-electron chi connectivity index (χ2n) is 5.04. The highest BCUT2D eigenvalue weighted by atomic mass is 79.9. The topological polar surface area (TPSA) is 52.6 Å². The molecule has 0 saturated heterocycles. The van der Waals surface area contributed by atoms with Gasteiger partial charge in [0.25, 0.3) is 10.1 Å². The van der Waals surface area contributed by atoms with Crippen molar-refractivity contribution in [2.75, 3.05) is 6.61 Å². The van der Waals surface area contributed by atoms with Crippen LogP contribution < -0.4 is 4.74 Å². The highest BCUT2D eigenvalue weighted by Crippen LogP contribution is 2.33. The molecule has 0 saturated carbocycles. The predicted octanol–water partition coefficient (Wildman–Crippen LogP) is 4.69. The van der Waals surface area contributed by atoms with Gasteiger partial charge in [0.1, 0.15) is 18.5 Å². The van der Waals surface area contributed by atoms with Crippen molar-refractivity contribution >= 4 is 42.0 Å². The van der Waals surface area contributed by atoms with Gasteiger partial charge in [-0.15, -0.1) is 0 Å². The van der Waals surface area contributed by atoms with Gasteiger partial charge in [0.2, 0.25) is 0 Å². The number of hydrogen-bond acceptors (Lipinski definition) is 4. The Morgan fingerprint density at radius 2 is 1.61 bits per heavy atom. The third-order valence-corrected chi connectivity index (χ3v) is 5.66. The second kappa shape index (κ2) is 7.79. The number of aryl methyl sites for hydroxylation is 1. The van der Waals surface area contributed by atoms with Crippen molar-refractivity contribution in [3.05, 3.63) is 57.0 Å². The quantitative estimate of drug-likeness (QED) is 0.583. The molecule has 0 aliphatic heterocycles. The molecule has 0 aliphatic rings. The Kier molecular flexibility index (Phi) is 6.25. The molecule has 2 aromatic carbocycles. The summed E-state index contributed by atoms with van der Waals surface area (Å²) in [7, 11) is -3.80. The fraction of sp³-hybridized carbons (Fsp3) is 0.250. The predicted molar refractivity (Wildman–Crippen MR) is 96.2 cm³/mol. The molecular weight excluding hydrogens is 448 g/mol. The van der Waals surface area contributed by atoms with Crippen LogP contribution in [0.3, 0.4) is 0 Å². The summed E-state index contributed by atoms with van der Waals surface area (Å²) >= 11 is 6.78. The molecule has 0 N–H and O–H groups in total. The normalized spacial score (nSPS) is 12.9.